The lowest BCUT2D eigenvalue weighted by Crippen LogP contribution is -2.61. The third-order valence-corrected chi connectivity index (χ3v) is 16.4. The number of aromatic nitrogens is 3. The number of likely N-dealkylation sites (N-methyl/N-ethyl adjacent to an activating group) is 1. The van der Waals surface area contributed by atoms with Crippen LogP contribution in [0.15, 0.2) is 113 Å². The Morgan fingerprint density at radius 2 is 1.40 bits per heavy atom. The molecule has 2 saturated heterocycles. The lowest BCUT2D eigenvalue weighted by Gasteiger charge is -2.31. The van der Waals surface area contributed by atoms with Gasteiger partial charge in [0.1, 0.15) is 60.1 Å². The molecule has 0 bridgehead atoms. The number of benzene rings is 2. The number of aliphatic hydroxyl groups excluding tert-OH is 1. The smallest absolute Gasteiger partial charge is 0.245 e. The van der Waals surface area contributed by atoms with Gasteiger partial charge in [-0.3, -0.25) is 57.9 Å². The Labute approximate surface area is 536 Å². The van der Waals surface area contributed by atoms with Crippen LogP contribution in [0.3, 0.4) is 0 Å². The summed E-state index contributed by atoms with van der Waals surface area (Å²) in [6.45, 7) is 5.14. The molecule has 2 fully saturated rings. The Hall–Kier alpha value is -10.2. The van der Waals surface area contributed by atoms with E-state index in [0.717, 1.165) is 0 Å². The van der Waals surface area contributed by atoms with E-state index in [-0.39, 0.29) is 100 Å². The first kappa shape index (κ1) is 68.7. The summed E-state index contributed by atoms with van der Waals surface area (Å²) >= 11 is 0. The van der Waals surface area contributed by atoms with Crippen LogP contribution in [-0.4, -0.2) is 181 Å². The number of hydrogen-bond acceptors (Lipinski definition) is 15. The van der Waals surface area contributed by atoms with E-state index in [4.69, 9.17) is 11.5 Å². The van der Waals surface area contributed by atoms with Crippen molar-refractivity contribution in [3.05, 3.63) is 120 Å². The number of guanidine groups is 1. The Kier molecular flexibility index (Phi) is 24.2. The number of H-pyrrole nitrogens is 2. The summed E-state index contributed by atoms with van der Waals surface area (Å²) in [6.07, 6.45) is 13.0. The molecule has 5 heterocycles. The molecule has 4 aliphatic rings. The fourth-order valence-corrected chi connectivity index (χ4v) is 11.6. The number of phenolic OH excluding ortho intramolecular Hbond substituents is 1. The second kappa shape index (κ2) is 32.7. The van der Waals surface area contributed by atoms with Gasteiger partial charge in [0.25, 0.3) is 0 Å². The number of phenols is 1. The minimum atomic E-state index is -1.78. The van der Waals surface area contributed by atoms with Gasteiger partial charge in [-0.2, -0.15) is 0 Å². The van der Waals surface area contributed by atoms with Gasteiger partial charge in [0, 0.05) is 98.9 Å². The number of rotatable bonds is 32. The molecule has 17 N–H and O–H groups in total. The first-order chi connectivity index (χ1) is 44.7. The lowest BCUT2D eigenvalue weighted by atomic mass is 9.92. The molecular formula is C64H83N17O12. The fourth-order valence-electron chi connectivity index (χ4n) is 11.6. The third-order valence-electron chi connectivity index (χ3n) is 16.4. The molecule has 2 aromatic carbocycles. The number of likely N-dealkylation sites (tertiary alicyclic amines) is 1. The second-order valence-corrected chi connectivity index (χ2v) is 23.8. The number of aromatic amines is 2. The maximum Gasteiger partial charge on any atom is 0.245 e. The van der Waals surface area contributed by atoms with Gasteiger partial charge in [-0.1, -0.05) is 62.4 Å². The highest BCUT2D eigenvalue weighted by Crippen LogP contribution is 2.29. The first-order valence-corrected chi connectivity index (χ1v) is 31.3. The SMILES string of the molecule is CCNC(=O)[C@@H]1CCCN1C(=O)[C@H](CCCN=C(N)N)NC(=O)[C@H](CC(C)C)NC(=O)[C@@H](CC1=CN=C2CC=CC=C12)NC(=O)[C@H](Cc1ccc(O)cc1)NC(=O)[C@H](CO)NC(=O)[C@H](Cc1c[nH]c2ccccc12)NC(=O)[C@H](Cc1cnc[nH]1)NC(=O)[C@@H]1CCC(=O)N1. The number of fused-ring (bicyclic) bond motifs is 2. The number of hydrogen-bond donors (Lipinski definition) is 15. The van der Waals surface area contributed by atoms with Crippen molar-refractivity contribution in [2.24, 2.45) is 27.4 Å². The first-order valence-electron chi connectivity index (χ1n) is 31.3. The fraction of sp³-hybridized carbons (Fsp3) is 0.453. The zero-order chi connectivity index (χ0) is 66.7. The van der Waals surface area contributed by atoms with Crippen LogP contribution in [0.1, 0.15) is 95.4 Å². The van der Waals surface area contributed by atoms with Gasteiger partial charge in [-0.25, -0.2) is 4.98 Å². The van der Waals surface area contributed by atoms with Gasteiger partial charge in [0.2, 0.25) is 59.1 Å². The molecule has 4 aromatic rings. The third kappa shape index (κ3) is 19.0. The van der Waals surface area contributed by atoms with Crippen molar-refractivity contribution in [1.82, 2.24) is 67.7 Å². The predicted molar refractivity (Wildman–Crippen MR) is 343 cm³/mol. The number of carbonyl (C=O) groups is 10. The number of nitrogens with zero attached hydrogens (tertiary/aromatic N) is 4. The van der Waals surface area contributed by atoms with E-state index in [1.54, 1.807) is 37.5 Å². The Balaban J connectivity index is 1.05. The Bertz CT molecular complexity index is 3540. The van der Waals surface area contributed by atoms with Gasteiger partial charge >= 0.3 is 0 Å². The highest BCUT2D eigenvalue weighted by atomic mass is 16.3. The topological polar surface area (TPSA) is 444 Å². The van der Waals surface area contributed by atoms with E-state index in [9.17, 15) is 48.6 Å². The van der Waals surface area contributed by atoms with Crippen LogP contribution in [0.25, 0.3) is 10.9 Å². The minimum Gasteiger partial charge on any atom is -0.508 e. The number of nitrogens with two attached hydrogens (primary N) is 2. The van der Waals surface area contributed by atoms with Crippen LogP contribution >= 0.6 is 0 Å². The molecule has 1 aliphatic carbocycles. The number of para-hydroxylation sites is 1. The van der Waals surface area contributed by atoms with Gasteiger partial charge in [-0.05, 0) is 86.3 Å². The monoisotopic (exact) mass is 1280 g/mol. The molecule has 2 aromatic heterocycles. The summed E-state index contributed by atoms with van der Waals surface area (Å²) in [4.78, 5) is 162. The van der Waals surface area contributed by atoms with Crippen molar-refractivity contribution >= 4 is 81.6 Å². The van der Waals surface area contributed by atoms with Crippen molar-refractivity contribution in [2.75, 3.05) is 26.2 Å². The van der Waals surface area contributed by atoms with Crippen LogP contribution in [0, 0.1) is 5.92 Å². The van der Waals surface area contributed by atoms with Crippen molar-refractivity contribution in [2.45, 2.75) is 152 Å². The van der Waals surface area contributed by atoms with E-state index < -0.39 is 108 Å². The molecular weight excluding hydrogens is 1200 g/mol. The largest absolute Gasteiger partial charge is 0.508 e. The molecule has 496 valence electrons. The summed E-state index contributed by atoms with van der Waals surface area (Å²) in [6, 6.07) is 1.16. The van der Waals surface area contributed by atoms with E-state index >= 15 is 9.59 Å². The number of nitrogens with one attached hydrogen (secondary N) is 11. The van der Waals surface area contributed by atoms with Crippen LogP contribution in [0.2, 0.25) is 0 Å². The predicted octanol–water partition coefficient (Wildman–Crippen LogP) is -0.869. The van der Waals surface area contributed by atoms with E-state index in [0.29, 0.717) is 70.4 Å². The number of aliphatic imine (C=N–C) groups is 2. The van der Waals surface area contributed by atoms with Gasteiger partial charge < -0.3 is 84.4 Å². The van der Waals surface area contributed by atoms with Crippen molar-refractivity contribution < 1.29 is 58.2 Å². The highest BCUT2D eigenvalue weighted by Gasteiger charge is 2.40. The Morgan fingerprint density at radius 3 is 2.05 bits per heavy atom. The molecule has 0 saturated carbocycles. The average molecular weight is 1280 g/mol. The normalized spacial score (nSPS) is 18.0. The standard InChI is InChI=1S/C64H83N17O12/c1-4-68-62(92)53-16-10-24-81(53)63(93)46(15-9-23-69-64(65)66)74-56(86)47(25-35(2)3)75-58(88)49(27-37-30-70-43-13-7-5-11-41(37)43)77-57(87)48(26-36-17-19-40(83)20-18-36)76-61(91)52(33-82)80-59(89)50(28-38-31-71-44-14-8-6-12-42(38)44)78-60(90)51(29-39-32-67-34-72-39)79-55(85)45-21-22-54(84)73-45/h5-8,11-12,14,17-20,30-32,34-35,45-53,71,82-83H,4,9-10,13,15-16,21-29,33H2,1-3H3,(H,67,72)(H,68,92)(H,73,84)(H,74,86)(H,75,88)(H,76,91)(H,77,87)(H,78,90)(H,79,85)(H,80,89)(H4,65,66,69)/t45-,46-,47-,48-,49+,50-,51-,52-,53-/m0/s1. The second-order valence-electron chi connectivity index (χ2n) is 23.8. The molecule has 9 atom stereocenters. The van der Waals surface area contributed by atoms with Crippen LogP contribution in [0.5, 0.6) is 5.75 Å². The number of amides is 10. The quantitative estimate of drug-likeness (QED) is 0.0161. The summed E-state index contributed by atoms with van der Waals surface area (Å²) in [7, 11) is 0. The summed E-state index contributed by atoms with van der Waals surface area (Å²) < 4.78 is 0. The summed E-state index contributed by atoms with van der Waals surface area (Å²) in [5.41, 5.74) is 15.3. The van der Waals surface area contributed by atoms with Crippen LogP contribution in [-0.2, 0) is 67.2 Å². The van der Waals surface area contributed by atoms with Crippen molar-refractivity contribution in [1.29, 1.82) is 0 Å². The van der Waals surface area contributed by atoms with Crippen molar-refractivity contribution in [3.63, 3.8) is 0 Å². The summed E-state index contributed by atoms with van der Waals surface area (Å²) in [5.74, 6) is -7.59. The molecule has 93 heavy (non-hydrogen) atoms. The molecule has 10 amide bonds. The number of carbonyl (C=O) groups excluding carboxylic acids is 10. The van der Waals surface area contributed by atoms with Gasteiger partial charge in [0.15, 0.2) is 5.96 Å². The lowest BCUT2D eigenvalue weighted by molar-refractivity contribution is -0.142. The van der Waals surface area contributed by atoms with Crippen molar-refractivity contribution in [3.8, 4) is 5.75 Å². The summed E-state index contributed by atoms with van der Waals surface area (Å²) in [5, 5.41) is 46.3. The Morgan fingerprint density at radius 1 is 0.753 bits per heavy atom. The number of imidazole rings is 1. The molecule has 0 radical (unpaired) electrons. The van der Waals surface area contributed by atoms with Gasteiger partial charge in [0.05, 0.1) is 18.6 Å². The van der Waals surface area contributed by atoms with Crippen LogP contribution in [0.4, 0.5) is 0 Å². The van der Waals surface area contributed by atoms with Crippen LogP contribution < -0.4 is 59.3 Å². The minimum absolute atomic E-state index is 0.0635. The van der Waals surface area contributed by atoms with E-state index in [1.165, 1.54) is 41.7 Å². The van der Waals surface area contributed by atoms with E-state index in [2.05, 4.69) is 72.8 Å². The average Bonchev–Trinajstić information content (AvgIpc) is 1.82. The molecule has 3 aliphatic heterocycles. The maximum absolute atomic E-state index is 15.1. The zero-order valence-corrected chi connectivity index (χ0v) is 52.2. The molecule has 29 nitrogen and oxygen atoms in total. The highest BCUT2D eigenvalue weighted by molar-refractivity contribution is 6.08. The number of allylic oxidation sites excluding steroid dienone is 4. The van der Waals surface area contributed by atoms with Gasteiger partial charge in [-0.15, -0.1) is 0 Å². The number of aliphatic hydroxyl groups is 1. The molecule has 8 rings (SSSR count). The molecule has 0 spiro atoms. The van der Waals surface area contributed by atoms with E-state index in [1.807, 2.05) is 38.1 Å². The number of aromatic hydroxyl groups is 1. The molecule has 0 unspecified atom stereocenters. The maximum atomic E-state index is 15.1. The molecule has 29 heteroatoms. The zero-order valence-electron chi connectivity index (χ0n) is 52.2.